The Hall–Kier alpha value is -6.05. The second-order valence-electron chi connectivity index (χ2n) is 21.0. The standard InChI is InChI=1S/C31H48ClN5O3.C12H11ClN4.C10H22.2C6H5O2P.2C2H6.CH3OP.4CH4/c1-4-6-7-8-9-10-11-12-13-14-15-16-17-18-27(38)40-28(5-2)39-23-33-26-21-19-25(20-22-26)30-34-31-29(32)24(3)35-37(31)36-30;1-7-3-5-9(6-4-7)11-14-12-10(13)8(2)15-17(12)16-11;1-3-5-7-9-10-8-6-4-2;2*7-9-8-6-4-2-1-3-5-6;2*1-2;1-3-2;;;;/h19-22,28,33,35H,4-18,23H2,1-3H3;3-6,15H,1-2H3;3-10H2,1-2H3;2*1-5H;2*1-2H3;1H3;4*1H4. The van der Waals surface area contributed by atoms with Crippen LogP contribution in [0.1, 0.15) is 250 Å². The van der Waals surface area contributed by atoms with Crippen molar-refractivity contribution < 1.29 is 37.0 Å². The number of halogens is 2. The van der Waals surface area contributed by atoms with E-state index in [1.807, 2.05) is 133 Å². The van der Waals surface area contributed by atoms with Gasteiger partial charge in [-0.3, -0.25) is 19.6 Å². The van der Waals surface area contributed by atoms with Crippen molar-refractivity contribution in [2.75, 3.05) is 18.7 Å². The molecule has 4 aromatic carbocycles. The van der Waals surface area contributed by atoms with E-state index in [0.717, 1.165) is 41.0 Å². The van der Waals surface area contributed by atoms with Crippen LogP contribution in [-0.4, -0.2) is 65.3 Å². The number of H-pyrrole nitrogens is 2. The minimum atomic E-state index is -0.549. The van der Waals surface area contributed by atoms with Gasteiger partial charge in [0.15, 0.2) is 31.4 Å². The topological polar surface area (TPSA) is 209 Å². The molecule has 0 radical (unpaired) electrons. The summed E-state index contributed by atoms with van der Waals surface area (Å²) < 4.78 is 52.3. The molecule has 8 aromatic rings. The van der Waals surface area contributed by atoms with Crippen molar-refractivity contribution in [3.8, 4) is 34.3 Å². The summed E-state index contributed by atoms with van der Waals surface area (Å²) in [4.78, 5) is 21.2. The number of unbranched alkanes of at least 4 members (excludes halogenated alkanes) is 19. The van der Waals surface area contributed by atoms with Gasteiger partial charge < -0.3 is 23.8 Å². The number of fused-ring (bicyclic) bond motifs is 2. The van der Waals surface area contributed by atoms with Crippen LogP contribution in [0.4, 0.5) is 5.69 Å². The summed E-state index contributed by atoms with van der Waals surface area (Å²) in [6.07, 6.45) is 28.7. The SMILES string of the molecule is C.C.C.C.CC.CC.CCCCCCCCCC.CCCCCCCCCCCCCCCC(=O)OC(CC)OCNc1ccc(-c2nc3c(Cl)c(C)[nH]n3n2)cc1.CP=O.Cc1ccc(-c2nc3c(Cl)c(C)[nH]n3n2)cc1.O=POc1ccccc1.O=POc1ccccc1. The molecule has 96 heavy (non-hydrogen) atoms. The zero-order valence-electron chi connectivity index (χ0n) is 57.0. The van der Waals surface area contributed by atoms with Crippen LogP contribution in [0, 0.1) is 20.8 Å². The first-order chi connectivity index (χ1) is 44.9. The van der Waals surface area contributed by atoms with Crippen molar-refractivity contribution in [3.63, 3.8) is 0 Å². The lowest BCUT2D eigenvalue weighted by Crippen LogP contribution is -2.23. The van der Waals surface area contributed by atoms with Crippen molar-refractivity contribution in [1.82, 2.24) is 39.6 Å². The van der Waals surface area contributed by atoms with Crippen LogP contribution < -0.4 is 14.4 Å². The number of hydrogen-bond acceptors (Lipinski definition) is 13. The Kier molecular flexibility index (Phi) is 63.9. The number of rotatable bonds is 33. The number of carbonyl (C=O) groups excluding carboxylic acids is 1. The highest BCUT2D eigenvalue weighted by atomic mass is 35.5. The van der Waals surface area contributed by atoms with Gasteiger partial charge >= 0.3 is 23.3 Å². The molecular formula is C74H122Cl2N9O8P3. The van der Waals surface area contributed by atoms with Crippen LogP contribution >= 0.6 is 49.0 Å². The minimum Gasteiger partial charge on any atom is -0.436 e. The number of ether oxygens (including phenoxy) is 2. The van der Waals surface area contributed by atoms with E-state index in [-0.39, 0.29) is 68.2 Å². The van der Waals surface area contributed by atoms with Gasteiger partial charge in [-0.25, -0.2) is 19.1 Å². The lowest BCUT2D eigenvalue weighted by Gasteiger charge is -2.17. The Morgan fingerprint density at radius 2 is 0.844 bits per heavy atom. The molecule has 0 aliphatic heterocycles. The van der Waals surface area contributed by atoms with Crippen LogP contribution in [0.25, 0.3) is 34.1 Å². The Labute approximate surface area is 594 Å². The van der Waals surface area contributed by atoms with Crippen LogP contribution in [0.5, 0.6) is 11.5 Å². The molecule has 0 aliphatic carbocycles. The number of carbonyl (C=O) groups is 1. The summed E-state index contributed by atoms with van der Waals surface area (Å²) in [6, 6.07) is 33.8. The van der Waals surface area contributed by atoms with Crippen molar-refractivity contribution >= 4 is 72.0 Å². The smallest absolute Gasteiger partial charge is 0.395 e. The van der Waals surface area contributed by atoms with Crippen LogP contribution in [0.3, 0.4) is 0 Å². The van der Waals surface area contributed by atoms with E-state index >= 15 is 0 Å². The maximum atomic E-state index is 12.3. The molecule has 1 unspecified atom stereocenters. The van der Waals surface area contributed by atoms with E-state index in [9.17, 15) is 13.9 Å². The van der Waals surface area contributed by atoms with E-state index in [1.165, 1.54) is 128 Å². The zero-order chi connectivity index (χ0) is 68.0. The van der Waals surface area contributed by atoms with E-state index in [0.29, 0.717) is 57.3 Å². The third kappa shape index (κ3) is 41.9. The number of para-hydroxylation sites is 2. The number of hydrogen-bond donors (Lipinski definition) is 3. The maximum absolute atomic E-state index is 12.3. The molecule has 0 saturated heterocycles. The molecule has 1 atom stereocenters. The van der Waals surface area contributed by atoms with E-state index < -0.39 is 6.29 Å². The molecule has 540 valence electrons. The Balaban J connectivity index is -0.000000619. The first-order valence-corrected chi connectivity index (χ1v) is 36.6. The average Bonchev–Trinajstić information content (AvgIpc) is 1.65. The van der Waals surface area contributed by atoms with Crippen molar-refractivity contribution in [1.29, 1.82) is 0 Å². The predicted molar refractivity (Wildman–Crippen MR) is 411 cm³/mol. The summed E-state index contributed by atoms with van der Waals surface area (Å²) in [5.74, 6) is 2.33. The highest BCUT2D eigenvalue weighted by Crippen LogP contribution is 2.26. The Morgan fingerprint density at radius 1 is 0.510 bits per heavy atom. The Bertz CT molecular complexity index is 3040. The van der Waals surface area contributed by atoms with Crippen LogP contribution in [0.2, 0.25) is 10.0 Å². The number of benzene rings is 4. The molecular weight excluding hydrogens is 1310 g/mol. The second-order valence-corrected chi connectivity index (χ2v) is 22.7. The van der Waals surface area contributed by atoms with E-state index in [4.69, 9.17) is 37.2 Å². The quantitative estimate of drug-likeness (QED) is 0.0152. The summed E-state index contributed by atoms with van der Waals surface area (Å²) in [7, 11) is -0.443. The molecule has 8 rings (SSSR count). The van der Waals surface area contributed by atoms with Gasteiger partial charge in [0.25, 0.3) is 0 Å². The number of aromatic amines is 2. The number of aryl methyl sites for hydroxylation is 3. The molecule has 0 bridgehead atoms. The van der Waals surface area contributed by atoms with Gasteiger partial charge in [0.1, 0.15) is 28.3 Å². The lowest BCUT2D eigenvalue weighted by atomic mass is 10.0. The number of anilines is 1. The highest BCUT2D eigenvalue weighted by Gasteiger charge is 2.16. The molecule has 4 heterocycles. The fourth-order valence-electron chi connectivity index (χ4n) is 8.70. The number of nitrogens with one attached hydrogen (secondary N) is 3. The molecule has 3 N–H and O–H groups in total. The molecule has 17 nitrogen and oxygen atoms in total. The summed E-state index contributed by atoms with van der Waals surface area (Å²) >= 11 is 12.4. The lowest BCUT2D eigenvalue weighted by molar-refractivity contribution is -0.178. The van der Waals surface area contributed by atoms with E-state index in [2.05, 4.69) is 72.4 Å². The Morgan fingerprint density at radius 3 is 1.17 bits per heavy atom. The first-order valence-electron chi connectivity index (χ1n) is 33.1. The normalized spacial score (nSPS) is 10.2. The molecule has 0 aliphatic rings. The third-order valence-corrected chi connectivity index (χ3v) is 15.1. The van der Waals surface area contributed by atoms with Gasteiger partial charge in [0.05, 0.1) is 11.4 Å². The summed E-state index contributed by atoms with van der Waals surface area (Å²) in [5.41, 5.74) is 6.95. The largest absolute Gasteiger partial charge is 0.436 e. The number of aromatic nitrogens is 8. The average molecular weight is 1430 g/mol. The molecule has 22 heteroatoms. The molecule has 0 amide bonds. The van der Waals surface area contributed by atoms with Gasteiger partial charge in [-0.05, 0) is 75.7 Å². The zero-order valence-corrected chi connectivity index (χ0v) is 61.2. The fraction of sp³-hybridized carbons (Fsp3) is 0.554. The number of esters is 1. The molecule has 0 spiro atoms. The highest BCUT2D eigenvalue weighted by molar-refractivity contribution is 7.22. The second kappa shape index (κ2) is 63.7. The number of nitrogens with zero attached hydrogens (tertiary/aromatic N) is 6. The van der Waals surface area contributed by atoms with Crippen LogP contribution in [0.15, 0.2) is 109 Å². The summed E-state index contributed by atoms with van der Waals surface area (Å²) in [6.45, 7) is 24.4. The van der Waals surface area contributed by atoms with Crippen molar-refractivity contribution in [2.45, 2.75) is 260 Å². The monoisotopic (exact) mass is 1430 g/mol. The fourth-order valence-corrected chi connectivity index (χ4v) is 9.45. The molecule has 0 fully saturated rings. The third-order valence-electron chi connectivity index (χ3n) is 13.6. The van der Waals surface area contributed by atoms with Gasteiger partial charge in [-0.15, -0.1) is 10.2 Å². The van der Waals surface area contributed by atoms with Gasteiger partial charge in [-0.1, -0.05) is 303 Å². The van der Waals surface area contributed by atoms with E-state index in [1.54, 1.807) is 40.2 Å². The summed E-state index contributed by atoms with van der Waals surface area (Å²) in [5, 5.41) is 19.3. The minimum absolute atomic E-state index is 0. The first kappa shape index (κ1) is 96.3. The van der Waals surface area contributed by atoms with Gasteiger partial charge in [0, 0.05) is 36.3 Å². The predicted octanol–water partition coefficient (Wildman–Crippen LogP) is 26.0. The molecule has 0 saturated carbocycles. The maximum Gasteiger partial charge on any atom is 0.395 e. The van der Waals surface area contributed by atoms with Crippen molar-refractivity contribution in [3.05, 3.63) is 136 Å². The molecule has 4 aromatic heterocycles. The van der Waals surface area contributed by atoms with Gasteiger partial charge in [-0.2, -0.15) is 9.26 Å². The van der Waals surface area contributed by atoms with Crippen LogP contribution in [-0.2, 0) is 28.0 Å². The van der Waals surface area contributed by atoms with Crippen molar-refractivity contribution in [2.24, 2.45) is 0 Å². The van der Waals surface area contributed by atoms with Gasteiger partial charge in [0.2, 0.25) is 6.29 Å².